The minimum Gasteiger partial charge on any atom is -0.362 e. The number of benzene rings is 1. The van der Waals surface area contributed by atoms with Crippen LogP contribution in [0, 0.1) is 0 Å². The maximum Gasteiger partial charge on any atom is 0.172 e. The highest BCUT2D eigenvalue weighted by Crippen LogP contribution is 2.24. The van der Waals surface area contributed by atoms with Gasteiger partial charge in [0.1, 0.15) is 0 Å². The molecule has 0 fully saturated rings. The van der Waals surface area contributed by atoms with Crippen LogP contribution >= 0.6 is 51.3 Å². The van der Waals surface area contributed by atoms with E-state index >= 15 is 0 Å². The van der Waals surface area contributed by atoms with Gasteiger partial charge in [0.15, 0.2) is 10.9 Å². The molecule has 0 bridgehead atoms. The Hall–Kier alpha value is -0.820. The van der Waals surface area contributed by atoms with Gasteiger partial charge in [0, 0.05) is 12.7 Å². The number of nitrogens with zero attached hydrogens (tertiary/aromatic N) is 2. The number of halogens is 3. The number of hydrogen-bond acceptors (Lipinski definition) is 2. The molecule has 0 unspecified atom stereocenters. The number of thiocarbonyl (C=S) groups is 1. The molecule has 0 aliphatic rings. The maximum atomic E-state index is 6.04. The lowest BCUT2D eigenvalue weighted by Crippen LogP contribution is -2.29. The zero-order chi connectivity index (χ0) is 16.8. The quantitative estimate of drug-likeness (QED) is 0.489. The van der Waals surface area contributed by atoms with Crippen molar-refractivity contribution < 1.29 is 0 Å². The van der Waals surface area contributed by atoms with Gasteiger partial charge in [-0.15, -0.1) is 0 Å². The fourth-order valence-electron chi connectivity index (χ4n) is 1.92. The lowest BCUT2D eigenvalue weighted by Gasteiger charge is -2.08. The average molecular weight is 436 g/mol. The number of anilines is 1. The van der Waals surface area contributed by atoms with E-state index in [2.05, 4.69) is 38.6 Å². The first kappa shape index (κ1) is 18.5. The summed E-state index contributed by atoms with van der Waals surface area (Å²) in [5.74, 6) is 0.680. The standard InChI is InChI=1S/C15H17BrCl2N4S/c1-2-3-6-19-15(23)20-14-11(16)9-22(21-14)8-10-4-5-12(17)13(18)7-10/h4-5,7,9H,2-3,6,8H2,1H3,(H2,19,20,21,23). The third-order valence-electron chi connectivity index (χ3n) is 3.09. The first-order valence-electron chi connectivity index (χ1n) is 7.21. The van der Waals surface area contributed by atoms with E-state index in [4.69, 9.17) is 35.4 Å². The molecule has 2 N–H and O–H groups in total. The molecule has 4 nitrogen and oxygen atoms in total. The van der Waals surface area contributed by atoms with Crippen molar-refractivity contribution >= 4 is 62.3 Å². The summed E-state index contributed by atoms with van der Waals surface area (Å²) in [5.41, 5.74) is 1.02. The molecule has 2 aromatic rings. The highest BCUT2D eigenvalue weighted by molar-refractivity contribution is 9.10. The summed E-state index contributed by atoms with van der Waals surface area (Å²) < 4.78 is 2.65. The van der Waals surface area contributed by atoms with Crippen LogP contribution in [0.15, 0.2) is 28.9 Å². The Labute approximate surface area is 159 Å². The average Bonchev–Trinajstić information content (AvgIpc) is 2.83. The molecular formula is C15H17BrCl2N4S. The van der Waals surface area contributed by atoms with Gasteiger partial charge in [-0.1, -0.05) is 42.6 Å². The van der Waals surface area contributed by atoms with Crippen molar-refractivity contribution in [3.8, 4) is 0 Å². The summed E-state index contributed by atoms with van der Waals surface area (Å²) in [6.07, 6.45) is 4.09. The molecule has 1 heterocycles. The molecule has 0 aliphatic heterocycles. The van der Waals surface area contributed by atoms with Crippen molar-refractivity contribution in [1.29, 1.82) is 0 Å². The fourth-order valence-corrected chi connectivity index (χ4v) is 2.85. The summed E-state index contributed by atoms with van der Waals surface area (Å²) in [5, 5.41) is 12.4. The van der Waals surface area contributed by atoms with Crippen LogP contribution in [0.3, 0.4) is 0 Å². The van der Waals surface area contributed by atoms with Crippen LogP contribution in [-0.2, 0) is 6.54 Å². The first-order valence-corrected chi connectivity index (χ1v) is 9.17. The van der Waals surface area contributed by atoms with Gasteiger partial charge in [-0.25, -0.2) is 0 Å². The van der Waals surface area contributed by atoms with E-state index < -0.39 is 0 Å². The lowest BCUT2D eigenvalue weighted by atomic mass is 10.2. The molecule has 0 radical (unpaired) electrons. The third kappa shape index (κ3) is 5.64. The van der Waals surface area contributed by atoms with Crippen molar-refractivity contribution in [3.63, 3.8) is 0 Å². The fraction of sp³-hybridized carbons (Fsp3) is 0.333. The Balaban J connectivity index is 2.00. The van der Waals surface area contributed by atoms with Crippen LogP contribution in [0.25, 0.3) is 0 Å². The Morgan fingerprint density at radius 1 is 1.35 bits per heavy atom. The number of aromatic nitrogens is 2. The van der Waals surface area contributed by atoms with Crippen molar-refractivity contribution in [3.05, 3.63) is 44.5 Å². The molecule has 8 heteroatoms. The molecule has 1 aromatic heterocycles. The maximum absolute atomic E-state index is 6.04. The second kappa shape index (κ2) is 8.87. The van der Waals surface area contributed by atoms with Gasteiger partial charge in [-0.2, -0.15) is 5.10 Å². The zero-order valence-electron chi connectivity index (χ0n) is 12.6. The monoisotopic (exact) mass is 434 g/mol. The van der Waals surface area contributed by atoms with E-state index in [1.54, 1.807) is 10.7 Å². The minimum absolute atomic E-state index is 0.537. The second-order valence-electron chi connectivity index (χ2n) is 5.01. The molecule has 2 rings (SSSR count). The van der Waals surface area contributed by atoms with Crippen molar-refractivity contribution in [2.45, 2.75) is 26.3 Å². The smallest absolute Gasteiger partial charge is 0.172 e. The van der Waals surface area contributed by atoms with Gasteiger partial charge in [-0.05, 0) is 52.3 Å². The van der Waals surface area contributed by atoms with Gasteiger partial charge in [-0.3, -0.25) is 4.68 Å². The molecule has 0 saturated heterocycles. The summed E-state index contributed by atoms with van der Waals surface area (Å²) in [6, 6.07) is 5.54. The molecule has 0 amide bonds. The SMILES string of the molecule is CCCCNC(=S)Nc1nn(Cc2ccc(Cl)c(Cl)c2)cc1Br. The second-order valence-corrected chi connectivity index (χ2v) is 7.08. The molecule has 1 aromatic carbocycles. The van der Waals surface area contributed by atoms with Gasteiger partial charge in [0.05, 0.1) is 21.1 Å². The topological polar surface area (TPSA) is 41.9 Å². The first-order chi connectivity index (χ1) is 11.0. The number of nitrogens with one attached hydrogen (secondary N) is 2. The van der Waals surface area contributed by atoms with E-state index in [-0.39, 0.29) is 0 Å². The Bertz CT molecular complexity index is 690. The van der Waals surface area contributed by atoms with Gasteiger partial charge in [0.2, 0.25) is 0 Å². The summed E-state index contributed by atoms with van der Waals surface area (Å²) in [6.45, 7) is 3.58. The molecular weight excluding hydrogens is 419 g/mol. The zero-order valence-corrected chi connectivity index (χ0v) is 16.5. The predicted octanol–water partition coefficient (Wildman–Crippen LogP) is 5.09. The van der Waals surface area contributed by atoms with Crippen molar-refractivity contribution in [2.24, 2.45) is 0 Å². The Morgan fingerprint density at radius 2 is 2.13 bits per heavy atom. The van der Waals surface area contributed by atoms with Crippen molar-refractivity contribution in [1.82, 2.24) is 15.1 Å². The van der Waals surface area contributed by atoms with Gasteiger partial charge in [0.25, 0.3) is 0 Å². The van der Waals surface area contributed by atoms with Gasteiger partial charge >= 0.3 is 0 Å². The van der Waals surface area contributed by atoms with E-state index in [0.29, 0.717) is 27.5 Å². The van der Waals surface area contributed by atoms with E-state index in [1.807, 2.05) is 18.3 Å². The normalized spacial score (nSPS) is 10.6. The van der Waals surface area contributed by atoms with E-state index in [9.17, 15) is 0 Å². The number of unbranched alkanes of at least 4 members (excludes halogenated alkanes) is 1. The van der Waals surface area contributed by atoms with E-state index in [0.717, 1.165) is 29.4 Å². The van der Waals surface area contributed by atoms with Crippen LogP contribution in [0.4, 0.5) is 5.82 Å². The Morgan fingerprint density at radius 3 is 2.83 bits per heavy atom. The van der Waals surface area contributed by atoms with Crippen molar-refractivity contribution in [2.75, 3.05) is 11.9 Å². The van der Waals surface area contributed by atoms with Crippen LogP contribution < -0.4 is 10.6 Å². The summed E-state index contributed by atoms with van der Waals surface area (Å²) in [7, 11) is 0. The van der Waals surface area contributed by atoms with Gasteiger partial charge < -0.3 is 10.6 Å². The molecule has 0 aliphatic carbocycles. The minimum atomic E-state index is 0.537. The molecule has 0 saturated carbocycles. The summed E-state index contributed by atoms with van der Waals surface area (Å²) >= 11 is 20.7. The predicted molar refractivity (Wildman–Crippen MR) is 105 cm³/mol. The largest absolute Gasteiger partial charge is 0.362 e. The van der Waals surface area contributed by atoms with Crippen LogP contribution in [0.5, 0.6) is 0 Å². The number of rotatable bonds is 6. The Kier molecular flexibility index (Phi) is 7.14. The molecule has 124 valence electrons. The molecule has 0 atom stereocenters. The lowest BCUT2D eigenvalue weighted by molar-refractivity contribution is 0.689. The van der Waals surface area contributed by atoms with Crippen LogP contribution in [0.2, 0.25) is 10.0 Å². The number of hydrogen-bond donors (Lipinski definition) is 2. The third-order valence-corrected chi connectivity index (χ3v) is 4.66. The van der Waals surface area contributed by atoms with Crippen LogP contribution in [0.1, 0.15) is 25.3 Å². The highest BCUT2D eigenvalue weighted by atomic mass is 79.9. The van der Waals surface area contributed by atoms with Crippen LogP contribution in [-0.4, -0.2) is 21.4 Å². The molecule has 23 heavy (non-hydrogen) atoms. The summed E-state index contributed by atoms with van der Waals surface area (Å²) in [4.78, 5) is 0. The highest BCUT2D eigenvalue weighted by Gasteiger charge is 2.09. The van der Waals surface area contributed by atoms with E-state index in [1.165, 1.54) is 0 Å². The molecule has 0 spiro atoms.